The molecular formula is C32H42N2O2. The molecule has 4 aliphatic carbocycles. The summed E-state index contributed by atoms with van der Waals surface area (Å²) < 4.78 is 6.44. The van der Waals surface area contributed by atoms with E-state index >= 15 is 0 Å². The van der Waals surface area contributed by atoms with Crippen LogP contribution in [0, 0.1) is 23.2 Å². The molecule has 0 aromatic heterocycles. The molecule has 5 fully saturated rings. The lowest BCUT2D eigenvalue weighted by Gasteiger charge is -2.56. The van der Waals surface area contributed by atoms with Crippen molar-refractivity contribution in [2.75, 3.05) is 45.9 Å². The van der Waals surface area contributed by atoms with Crippen LogP contribution in [0.1, 0.15) is 62.2 Å². The maximum absolute atomic E-state index is 13.4. The number of rotatable bonds is 10. The Hall–Kier alpha value is -2.01. The van der Waals surface area contributed by atoms with Crippen molar-refractivity contribution in [2.45, 2.75) is 51.0 Å². The summed E-state index contributed by atoms with van der Waals surface area (Å²) in [7, 11) is 0. The van der Waals surface area contributed by atoms with E-state index in [1.807, 2.05) is 0 Å². The van der Waals surface area contributed by atoms with E-state index in [9.17, 15) is 4.79 Å². The van der Waals surface area contributed by atoms with Crippen molar-refractivity contribution in [2.24, 2.45) is 23.2 Å². The van der Waals surface area contributed by atoms with Gasteiger partial charge in [0.05, 0.1) is 6.61 Å². The van der Waals surface area contributed by atoms with E-state index < -0.39 is 0 Å². The first-order valence-electron chi connectivity index (χ1n) is 14.4. The summed E-state index contributed by atoms with van der Waals surface area (Å²) in [4.78, 5) is 18.4. The van der Waals surface area contributed by atoms with Crippen molar-refractivity contribution < 1.29 is 9.53 Å². The van der Waals surface area contributed by atoms with Crippen LogP contribution in [0.5, 0.6) is 0 Å². The van der Waals surface area contributed by atoms with Gasteiger partial charge in [0.15, 0.2) is 0 Å². The number of carbonyl (C=O) groups excluding carboxylic acids is 1. The molecule has 2 aromatic rings. The van der Waals surface area contributed by atoms with Crippen LogP contribution in [0.4, 0.5) is 0 Å². The van der Waals surface area contributed by atoms with Crippen LogP contribution in [0.2, 0.25) is 0 Å². The van der Waals surface area contributed by atoms with Gasteiger partial charge >= 0.3 is 0 Å². The molecule has 0 amide bonds. The highest BCUT2D eigenvalue weighted by Crippen LogP contribution is 2.60. The predicted molar refractivity (Wildman–Crippen MR) is 144 cm³/mol. The van der Waals surface area contributed by atoms with Gasteiger partial charge in [-0.25, -0.2) is 0 Å². The Balaban J connectivity index is 0.946. The quantitative estimate of drug-likeness (QED) is 0.439. The van der Waals surface area contributed by atoms with Gasteiger partial charge < -0.3 is 9.64 Å². The van der Waals surface area contributed by atoms with Crippen LogP contribution >= 0.6 is 0 Å². The first-order chi connectivity index (χ1) is 17.7. The lowest BCUT2D eigenvalue weighted by Crippen LogP contribution is -2.51. The lowest BCUT2D eigenvalue weighted by molar-refractivity contribution is -0.144. The van der Waals surface area contributed by atoms with Gasteiger partial charge in [-0.2, -0.15) is 0 Å². The second-order valence-electron chi connectivity index (χ2n) is 12.1. The van der Waals surface area contributed by atoms with Crippen molar-refractivity contribution in [1.82, 2.24) is 9.80 Å². The fraction of sp³-hybridized carbons (Fsp3) is 0.594. The molecule has 0 N–H and O–H groups in total. The fourth-order valence-electron chi connectivity index (χ4n) is 8.15. The Morgan fingerprint density at radius 2 is 1.22 bits per heavy atom. The summed E-state index contributed by atoms with van der Waals surface area (Å²) in [6.07, 6.45) is 8.60. The minimum absolute atomic E-state index is 0.0238. The standard InChI is InChI=1S/C32H42N2O2/c35-30(32-22-25-19-26(23-32)21-27(20-25)24-32)11-12-33-13-15-34(16-14-33)17-18-36-31(28-7-3-1-4-8-28)29-9-5-2-6-10-29/h1-10,25-27,31H,11-24H2. The smallest absolute Gasteiger partial charge is 0.140 e. The Morgan fingerprint density at radius 3 is 1.72 bits per heavy atom. The number of hydrogen-bond acceptors (Lipinski definition) is 4. The monoisotopic (exact) mass is 486 g/mol. The summed E-state index contributed by atoms with van der Waals surface area (Å²) >= 11 is 0. The first-order valence-corrected chi connectivity index (χ1v) is 14.4. The molecule has 5 aliphatic rings. The average molecular weight is 487 g/mol. The second kappa shape index (κ2) is 10.8. The van der Waals surface area contributed by atoms with Crippen molar-refractivity contribution in [3.8, 4) is 0 Å². The normalized spacial score (nSPS) is 30.2. The summed E-state index contributed by atoms with van der Waals surface area (Å²) in [6, 6.07) is 21.1. The molecule has 1 heterocycles. The van der Waals surface area contributed by atoms with Crippen LogP contribution in [-0.2, 0) is 9.53 Å². The van der Waals surface area contributed by atoms with E-state index in [0.717, 1.165) is 70.0 Å². The highest BCUT2D eigenvalue weighted by Gasteiger charge is 2.53. The average Bonchev–Trinajstić information content (AvgIpc) is 2.91. The van der Waals surface area contributed by atoms with Crippen LogP contribution in [0.15, 0.2) is 60.7 Å². The van der Waals surface area contributed by atoms with Gasteiger partial charge in [0, 0.05) is 51.1 Å². The van der Waals surface area contributed by atoms with Crippen molar-refractivity contribution in [3.63, 3.8) is 0 Å². The third-order valence-corrected chi connectivity index (χ3v) is 9.65. The lowest BCUT2D eigenvalue weighted by atomic mass is 9.48. The molecule has 4 nitrogen and oxygen atoms in total. The van der Waals surface area contributed by atoms with Gasteiger partial charge in [0.2, 0.25) is 0 Å². The number of nitrogens with zero attached hydrogens (tertiary/aromatic N) is 2. The Morgan fingerprint density at radius 1 is 0.750 bits per heavy atom. The zero-order valence-corrected chi connectivity index (χ0v) is 21.7. The number of benzene rings is 2. The molecule has 4 saturated carbocycles. The summed E-state index contributed by atoms with van der Waals surface area (Å²) in [5, 5.41) is 0. The third-order valence-electron chi connectivity index (χ3n) is 9.65. The summed E-state index contributed by atoms with van der Waals surface area (Å²) in [5.74, 6) is 3.17. The largest absolute Gasteiger partial charge is 0.367 e. The number of ether oxygens (including phenoxy) is 1. The second-order valence-corrected chi connectivity index (χ2v) is 12.1. The number of Topliss-reactive ketones (excluding diaryl/α,β-unsaturated/α-hetero) is 1. The highest BCUT2D eigenvalue weighted by molar-refractivity contribution is 5.85. The zero-order valence-electron chi connectivity index (χ0n) is 21.7. The molecule has 2 aromatic carbocycles. The Labute approximate surface area is 217 Å². The third kappa shape index (κ3) is 5.32. The van der Waals surface area contributed by atoms with Crippen LogP contribution < -0.4 is 0 Å². The number of piperazine rings is 1. The molecule has 0 unspecified atom stereocenters. The maximum atomic E-state index is 13.4. The van der Waals surface area contributed by atoms with Crippen LogP contribution in [-0.4, -0.2) is 61.5 Å². The molecule has 0 spiro atoms. The summed E-state index contributed by atoms with van der Waals surface area (Å²) in [6.45, 7) is 6.89. The predicted octanol–water partition coefficient (Wildman–Crippen LogP) is 5.59. The highest BCUT2D eigenvalue weighted by atomic mass is 16.5. The van der Waals surface area contributed by atoms with E-state index in [2.05, 4.69) is 70.5 Å². The molecule has 0 atom stereocenters. The van der Waals surface area contributed by atoms with Crippen molar-refractivity contribution in [1.29, 1.82) is 0 Å². The molecule has 192 valence electrons. The van der Waals surface area contributed by atoms with E-state index in [-0.39, 0.29) is 11.5 Å². The van der Waals surface area contributed by atoms with Crippen molar-refractivity contribution in [3.05, 3.63) is 71.8 Å². The zero-order chi connectivity index (χ0) is 24.4. The minimum atomic E-state index is -0.0238. The van der Waals surface area contributed by atoms with E-state index in [4.69, 9.17) is 4.74 Å². The van der Waals surface area contributed by atoms with Gasteiger partial charge in [-0.1, -0.05) is 60.7 Å². The molecular weight excluding hydrogens is 444 g/mol. The van der Waals surface area contributed by atoms with Gasteiger partial charge in [-0.05, 0) is 67.4 Å². The number of carbonyl (C=O) groups is 1. The van der Waals surface area contributed by atoms with Gasteiger partial charge in [-0.3, -0.25) is 9.69 Å². The topological polar surface area (TPSA) is 32.8 Å². The number of hydrogen-bond donors (Lipinski definition) is 0. The minimum Gasteiger partial charge on any atom is -0.367 e. The fourth-order valence-corrected chi connectivity index (χ4v) is 8.15. The van der Waals surface area contributed by atoms with E-state index in [0.29, 0.717) is 5.78 Å². The van der Waals surface area contributed by atoms with Crippen LogP contribution in [0.25, 0.3) is 0 Å². The number of ketones is 1. The maximum Gasteiger partial charge on any atom is 0.140 e. The van der Waals surface area contributed by atoms with Gasteiger partial charge in [0.1, 0.15) is 11.9 Å². The van der Waals surface area contributed by atoms with Gasteiger partial charge in [0.25, 0.3) is 0 Å². The molecule has 4 heteroatoms. The molecule has 0 radical (unpaired) electrons. The molecule has 7 rings (SSSR count). The SMILES string of the molecule is O=C(CCN1CCN(CCOC(c2ccccc2)c2ccccc2)CC1)C12CC3CC(CC(C3)C1)C2. The molecule has 1 saturated heterocycles. The van der Waals surface area contributed by atoms with Gasteiger partial charge in [-0.15, -0.1) is 0 Å². The van der Waals surface area contributed by atoms with E-state index in [1.54, 1.807) is 0 Å². The Bertz CT molecular complexity index is 925. The van der Waals surface area contributed by atoms with Crippen LogP contribution in [0.3, 0.4) is 0 Å². The molecule has 4 bridgehead atoms. The molecule has 36 heavy (non-hydrogen) atoms. The Kier molecular flexibility index (Phi) is 7.28. The van der Waals surface area contributed by atoms with E-state index in [1.165, 1.54) is 49.7 Å². The first kappa shape index (κ1) is 24.3. The van der Waals surface area contributed by atoms with Crippen molar-refractivity contribution >= 4 is 5.78 Å². The summed E-state index contributed by atoms with van der Waals surface area (Å²) in [5.41, 5.74) is 2.48. The molecule has 1 aliphatic heterocycles.